The maximum absolute atomic E-state index is 10.5. The summed E-state index contributed by atoms with van der Waals surface area (Å²) in [6.45, 7) is 0. The lowest BCUT2D eigenvalue weighted by molar-refractivity contribution is 0.112. The van der Waals surface area contributed by atoms with Gasteiger partial charge in [-0.05, 0) is 18.2 Å². The van der Waals surface area contributed by atoms with Gasteiger partial charge >= 0.3 is 0 Å². The number of phenols is 1. The number of rotatable bonds is 2. The number of carbonyl (C=O) groups excluding carboxylic acids is 1. The number of nitrogen functional groups attached to an aromatic ring is 1. The number of thiophene rings is 1. The fourth-order valence-electron chi connectivity index (χ4n) is 1.37. The van der Waals surface area contributed by atoms with Crippen LogP contribution >= 0.6 is 11.3 Å². The van der Waals surface area contributed by atoms with Crippen LogP contribution in [-0.2, 0) is 0 Å². The summed E-state index contributed by atoms with van der Waals surface area (Å²) in [7, 11) is 0. The lowest BCUT2D eigenvalue weighted by Gasteiger charge is -2.04. The Hall–Kier alpha value is -1.81. The number of nitrogens with two attached hydrogens (primary N) is 1. The van der Waals surface area contributed by atoms with Gasteiger partial charge in [0.15, 0.2) is 6.29 Å². The number of hydrogen-bond acceptors (Lipinski definition) is 4. The standard InChI is InChI=1S/C11H9NO2S/c12-8-2-1-3-9(14)11(8)10-4-7(5-13)6-15-10/h1-6,14H,12H2. The maximum atomic E-state index is 10.5. The van der Waals surface area contributed by atoms with Crippen molar-refractivity contribution in [2.75, 3.05) is 5.73 Å². The lowest BCUT2D eigenvalue weighted by Crippen LogP contribution is -1.88. The maximum Gasteiger partial charge on any atom is 0.150 e. The van der Waals surface area contributed by atoms with Crippen LogP contribution < -0.4 is 5.73 Å². The number of aldehydes is 1. The van der Waals surface area contributed by atoms with E-state index in [0.29, 0.717) is 16.8 Å². The molecule has 0 aliphatic rings. The molecule has 0 bridgehead atoms. The summed E-state index contributed by atoms with van der Waals surface area (Å²) in [6.07, 6.45) is 0.774. The number of anilines is 1. The quantitative estimate of drug-likeness (QED) is 0.602. The Morgan fingerprint density at radius 3 is 2.80 bits per heavy atom. The summed E-state index contributed by atoms with van der Waals surface area (Å²) in [5.74, 6) is 0.134. The van der Waals surface area contributed by atoms with E-state index in [1.165, 1.54) is 11.3 Å². The van der Waals surface area contributed by atoms with Crippen LogP contribution in [0.2, 0.25) is 0 Å². The zero-order valence-corrected chi connectivity index (χ0v) is 8.62. The normalized spacial score (nSPS) is 10.1. The molecule has 0 aliphatic carbocycles. The van der Waals surface area contributed by atoms with Gasteiger partial charge in [0.05, 0.1) is 5.56 Å². The largest absolute Gasteiger partial charge is 0.507 e. The van der Waals surface area contributed by atoms with Crippen LogP contribution in [0.15, 0.2) is 29.6 Å². The molecule has 0 saturated heterocycles. The third-order valence-corrected chi connectivity index (χ3v) is 3.04. The first-order valence-corrected chi connectivity index (χ1v) is 5.22. The van der Waals surface area contributed by atoms with E-state index in [1.54, 1.807) is 29.6 Å². The van der Waals surface area contributed by atoms with Gasteiger partial charge in [-0.15, -0.1) is 11.3 Å². The third kappa shape index (κ3) is 1.71. The van der Waals surface area contributed by atoms with E-state index in [-0.39, 0.29) is 5.75 Å². The summed E-state index contributed by atoms with van der Waals surface area (Å²) in [6, 6.07) is 6.69. The first-order chi connectivity index (χ1) is 7.22. The van der Waals surface area contributed by atoms with Gasteiger partial charge in [-0.2, -0.15) is 0 Å². The topological polar surface area (TPSA) is 63.3 Å². The lowest BCUT2D eigenvalue weighted by atomic mass is 10.1. The molecule has 4 heteroatoms. The van der Waals surface area contributed by atoms with Gasteiger partial charge in [0.25, 0.3) is 0 Å². The summed E-state index contributed by atoms with van der Waals surface area (Å²) < 4.78 is 0. The third-order valence-electron chi connectivity index (χ3n) is 2.08. The van der Waals surface area contributed by atoms with Gasteiger partial charge < -0.3 is 10.8 Å². The molecule has 1 aromatic heterocycles. The van der Waals surface area contributed by atoms with Crippen molar-refractivity contribution in [3.63, 3.8) is 0 Å². The van der Waals surface area contributed by atoms with Crippen LogP contribution in [0, 0.1) is 0 Å². The van der Waals surface area contributed by atoms with E-state index in [2.05, 4.69) is 0 Å². The molecule has 1 aromatic carbocycles. The monoisotopic (exact) mass is 219 g/mol. The second-order valence-corrected chi connectivity index (χ2v) is 4.01. The molecule has 76 valence electrons. The molecule has 0 spiro atoms. The van der Waals surface area contributed by atoms with E-state index in [0.717, 1.165) is 11.2 Å². The predicted molar refractivity (Wildman–Crippen MR) is 61.2 cm³/mol. The highest BCUT2D eigenvalue weighted by molar-refractivity contribution is 7.14. The molecule has 2 rings (SSSR count). The van der Waals surface area contributed by atoms with E-state index in [9.17, 15) is 9.90 Å². The molecular formula is C11H9NO2S. The number of hydrogen-bond donors (Lipinski definition) is 2. The summed E-state index contributed by atoms with van der Waals surface area (Å²) in [5.41, 5.74) is 7.46. The first kappa shape index (κ1) is 9.73. The summed E-state index contributed by atoms with van der Waals surface area (Å²) in [5, 5.41) is 11.4. The van der Waals surface area contributed by atoms with Crippen LogP contribution in [0.3, 0.4) is 0 Å². The van der Waals surface area contributed by atoms with Crippen molar-refractivity contribution in [2.45, 2.75) is 0 Å². The molecule has 0 atom stereocenters. The van der Waals surface area contributed by atoms with Crippen molar-refractivity contribution in [2.24, 2.45) is 0 Å². The Morgan fingerprint density at radius 1 is 1.40 bits per heavy atom. The van der Waals surface area contributed by atoms with Crippen LogP contribution in [0.4, 0.5) is 5.69 Å². The van der Waals surface area contributed by atoms with Gasteiger partial charge in [0.2, 0.25) is 0 Å². The number of benzene rings is 1. The van der Waals surface area contributed by atoms with E-state index >= 15 is 0 Å². The van der Waals surface area contributed by atoms with E-state index in [1.807, 2.05) is 0 Å². The van der Waals surface area contributed by atoms with Crippen molar-refractivity contribution in [1.82, 2.24) is 0 Å². The van der Waals surface area contributed by atoms with Gasteiger partial charge in [-0.3, -0.25) is 4.79 Å². The summed E-state index contributed by atoms with van der Waals surface area (Å²) >= 11 is 1.38. The fraction of sp³-hybridized carbons (Fsp3) is 0. The molecule has 0 unspecified atom stereocenters. The van der Waals surface area contributed by atoms with Crippen molar-refractivity contribution in [3.8, 4) is 16.2 Å². The molecule has 0 saturated carbocycles. The minimum Gasteiger partial charge on any atom is -0.507 e. The predicted octanol–water partition coefficient (Wildman–Crippen LogP) is 2.52. The second-order valence-electron chi connectivity index (χ2n) is 3.10. The van der Waals surface area contributed by atoms with Crippen molar-refractivity contribution in [1.29, 1.82) is 0 Å². The zero-order valence-electron chi connectivity index (χ0n) is 7.81. The molecule has 3 nitrogen and oxygen atoms in total. The van der Waals surface area contributed by atoms with Crippen LogP contribution in [0.1, 0.15) is 10.4 Å². The number of aromatic hydroxyl groups is 1. The van der Waals surface area contributed by atoms with Crippen molar-refractivity contribution < 1.29 is 9.90 Å². The van der Waals surface area contributed by atoms with Crippen LogP contribution in [-0.4, -0.2) is 11.4 Å². The molecular weight excluding hydrogens is 210 g/mol. The molecule has 3 N–H and O–H groups in total. The second kappa shape index (κ2) is 3.74. The Bertz CT molecular complexity index is 485. The van der Waals surface area contributed by atoms with Crippen molar-refractivity contribution >= 4 is 23.3 Å². The summed E-state index contributed by atoms with van der Waals surface area (Å²) in [4.78, 5) is 11.3. The molecule has 0 amide bonds. The molecule has 15 heavy (non-hydrogen) atoms. The highest BCUT2D eigenvalue weighted by Crippen LogP contribution is 2.37. The fourth-order valence-corrected chi connectivity index (χ4v) is 2.30. The van der Waals surface area contributed by atoms with E-state index in [4.69, 9.17) is 5.73 Å². The Morgan fingerprint density at radius 2 is 2.20 bits per heavy atom. The van der Waals surface area contributed by atoms with Crippen LogP contribution in [0.25, 0.3) is 10.4 Å². The highest BCUT2D eigenvalue weighted by Gasteiger charge is 2.10. The molecule has 0 aliphatic heterocycles. The number of carbonyl (C=O) groups is 1. The SMILES string of the molecule is Nc1cccc(O)c1-c1cc(C=O)cs1. The average Bonchev–Trinajstić information content (AvgIpc) is 2.66. The Labute approximate surface area is 90.8 Å². The van der Waals surface area contributed by atoms with Crippen LogP contribution in [0.5, 0.6) is 5.75 Å². The highest BCUT2D eigenvalue weighted by atomic mass is 32.1. The Kier molecular flexibility index (Phi) is 2.43. The molecule has 1 heterocycles. The average molecular weight is 219 g/mol. The Balaban J connectivity index is 2.58. The van der Waals surface area contributed by atoms with Gasteiger partial charge in [-0.1, -0.05) is 6.07 Å². The van der Waals surface area contributed by atoms with E-state index < -0.39 is 0 Å². The molecule has 0 radical (unpaired) electrons. The van der Waals surface area contributed by atoms with Gasteiger partial charge in [0, 0.05) is 21.5 Å². The zero-order chi connectivity index (χ0) is 10.8. The number of phenolic OH excluding ortho intramolecular Hbond substituents is 1. The van der Waals surface area contributed by atoms with Gasteiger partial charge in [0.1, 0.15) is 5.75 Å². The minimum absolute atomic E-state index is 0.134. The smallest absolute Gasteiger partial charge is 0.150 e. The first-order valence-electron chi connectivity index (χ1n) is 4.34. The molecule has 2 aromatic rings. The minimum atomic E-state index is 0.134. The van der Waals surface area contributed by atoms with Gasteiger partial charge in [-0.25, -0.2) is 0 Å². The molecule has 0 fully saturated rings. The van der Waals surface area contributed by atoms with Crippen molar-refractivity contribution in [3.05, 3.63) is 35.2 Å².